The van der Waals surface area contributed by atoms with Crippen LogP contribution in [-0.2, 0) is 13.0 Å². The fraction of sp³-hybridized carbons (Fsp3) is 0.269. The molecule has 166 valence electrons. The highest BCUT2D eigenvalue weighted by molar-refractivity contribution is 8.24. The van der Waals surface area contributed by atoms with Crippen molar-refractivity contribution in [2.24, 2.45) is 0 Å². The number of nitrogens with zero attached hydrogens (tertiary/aromatic N) is 1. The Balaban J connectivity index is 1.53. The molecule has 2 atom stereocenters. The molecule has 1 heterocycles. The van der Waals surface area contributed by atoms with Crippen LogP contribution in [0.15, 0.2) is 72.8 Å². The van der Waals surface area contributed by atoms with Crippen LogP contribution in [0.1, 0.15) is 42.0 Å². The summed E-state index contributed by atoms with van der Waals surface area (Å²) >= 11 is 7.45. The summed E-state index contributed by atoms with van der Waals surface area (Å²) in [5.74, 6) is -0.0235. The SMILES string of the molecule is OCc1ccc([C@@H]2[C@@H](CCCCc3ccc(F)cc3)SC(=S)N2c2ccccc2)c(O)c1. The molecule has 0 bridgehead atoms. The molecule has 0 spiro atoms. The zero-order chi connectivity index (χ0) is 22.5. The van der Waals surface area contributed by atoms with Crippen molar-refractivity contribution in [3.05, 3.63) is 95.3 Å². The summed E-state index contributed by atoms with van der Waals surface area (Å²) in [6.07, 6.45) is 3.86. The Labute approximate surface area is 197 Å². The van der Waals surface area contributed by atoms with Crippen molar-refractivity contribution in [1.29, 1.82) is 0 Å². The van der Waals surface area contributed by atoms with E-state index in [1.165, 1.54) is 12.1 Å². The van der Waals surface area contributed by atoms with Crippen LogP contribution < -0.4 is 4.90 Å². The van der Waals surface area contributed by atoms with Crippen molar-refractivity contribution in [2.75, 3.05) is 4.90 Å². The number of aliphatic hydroxyl groups excluding tert-OH is 1. The number of phenols is 1. The number of hydrogen-bond donors (Lipinski definition) is 2. The number of unbranched alkanes of at least 4 members (excludes halogenated alkanes) is 1. The summed E-state index contributed by atoms with van der Waals surface area (Å²) in [7, 11) is 0. The number of rotatable bonds is 8. The Kier molecular flexibility index (Phi) is 7.45. The first-order chi connectivity index (χ1) is 15.6. The predicted octanol–water partition coefficient (Wildman–Crippen LogP) is 6.38. The molecule has 32 heavy (non-hydrogen) atoms. The summed E-state index contributed by atoms with van der Waals surface area (Å²) in [6.45, 7) is -0.110. The predicted molar refractivity (Wildman–Crippen MR) is 134 cm³/mol. The van der Waals surface area contributed by atoms with Crippen LogP contribution in [0.2, 0.25) is 0 Å². The van der Waals surface area contributed by atoms with E-state index in [1.54, 1.807) is 17.8 Å². The van der Waals surface area contributed by atoms with Gasteiger partial charge in [0.25, 0.3) is 0 Å². The standard InChI is InChI=1S/C26H26FNO2S2/c27-20-13-10-18(11-14-20)6-4-5-9-24-25(22-15-12-19(17-29)16-23(22)30)28(26(31)32-24)21-7-2-1-3-8-21/h1-3,7-8,10-16,24-25,29-30H,4-6,9,17H2/t24-,25-/m1/s1. The second-order valence-corrected chi connectivity index (χ2v) is 9.87. The van der Waals surface area contributed by atoms with Gasteiger partial charge in [0.1, 0.15) is 15.9 Å². The summed E-state index contributed by atoms with van der Waals surface area (Å²) in [4.78, 5) is 2.14. The Hall–Kier alpha value is -2.41. The Morgan fingerprint density at radius 1 is 0.938 bits per heavy atom. The number of aromatic hydroxyl groups is 1. The van der Waals surface area contributed by atoms with Crippen LogP contribution >= 0.6 is 24.0 Å². The number of halogens is 1. The van der Waals surface area contributed by atoms with Crippen LogP contribution in [0.25, 0.3) is 0 Å². The minimum absolute atomic E-state index is 0.0894. The van der Waals surface area contributed by atoms with Gasteiger partial charge in [-0.05, 0) is 60.7 Å². The van der Waals surface area contributed by atoms with E-state index in [4.69, 9.17) is 12.2 Å². The van der Waals surface area contributed by atoms with Gasteiger partial charge in [0.05, 0.1) is 12.6 Å². The molecule has 0 amide bonds. The van der Waals surface area contributed by atoms with E-state index in [-0.39, 0.29) is 29.5 Å². The van der Waals surface area contributed by atoms with Crippen molar-refractivity contribution in [3.8, 4) is 5.75 Å². The van der Waals surface area contributed by atoms with Gasteiger partial charge in [0, 0.05) is 16.5 Å². The zero-order valence-electron chi connectivity index (χ0n) is 17.7. The van der Waals surface area contributed by atoms with E-state index in [0.717, 1.165) is 46.8 Å². The molecule has 0 aromatic heterocycles. The number of thioether (sulfide) groups is 1. The molecule has 3 aromatic rings. The van der Waals surface area contributed by atoms with E-state index in [9.17, 15) is 14.6 Å². The van der Waals surface area contributed by atoms with E-state index < -0.39 is 0 Å². The lowest BCUT2D eigenvalue weighted by Gasteiger charge is -2.29. The molecule has 4 rings (SSSR count). The molecule has 0 unspecified atom stereocenters. The molecule has 0 radical (unpaired) electrons. The number of para-hydroxylation sites is 1. The number of phenolic OH excluding ortho intramolecular Hbond substituents is 1. The van der Waals surface area contributed by atoms with Crippen LogP contribution in [0.4, 0.5) is 10.1 Å². The molecule has 1 aliphatic heterocycles. The van der Waals surface area contributed by atoms with Crippen LogP contribution in [0, 0.1) is 5.82 Å². The number of thiocarbonyl (C=S) groups is 1. The molecule has 3 aromatic carbocycles. The number of aryl methyl sites for hydroxylation is 1. The van der Waals surface area contributed by atoms with Crippen LogP contribution in [0.3, 0.4) is 0 Å². The highest BCUT2D eigenvalue weighted by atomic mass is 32.2. The molecule has 1 saturated heterocycles. The minimum atomic E-state index is -0.208. The molecule has 6 heteroatoms. The van der Waals surface area contributed by atoms with E-state index in [1.807, 2.05) is 54.6 Å². The lowest BCUT2D eigenvalue weighted by molar-refractivity contribution is 0.281. The summed E-state index contributed by atoms with van der Waals surface area (Å²) in [5.41, 5.74) is 3.65. The second-order valence-electron chi connectivity index (χ2n) is 8.00. The van der Waals surface area contributed by atoms with Gasteiger partial charge in [-0.1, -0.05) is 72.9 Å². The van der Waals surface area contributed by atoms with Crippen molar-refractivity contribution < 1.29 is 14.6 Å². The van der Waals surface area contributed by atoms with Gasteiger partial charge in [-0.2, -0.15) is 0 Å². The maximum absolute atomic E-state index is 13.1. The molecule has 1 aliphatic rings. The molecular formula is C26H26FNO2S2. The molecule has 2 N–H and O–H groups in total. The quantitative estimate of drug-likeness (QED) is 0.297. The average Bonchev–Trinajstić information content (AvgIpc) is 3.14. The third kappa shape index (κ3) is 5.14. The van der Waals surface area contributed by atoms with Gasteiger partial charge in [-0.25, -0.2) is 4.39 Å². The Morgan fingerprint density at radius 3 is 2.34 bits per heavy atom. The smallest absolute Gasteiger partial charge is 0.141 e. The Morgan fingerprint density at radius 2 is 1.66 bits per heavy atom. The van der Waals surface area contributed by atoms with Gasteiger partial charge in [0.2, 0.25) is 0 Å². The number of benzene rings is 3. The number of hydrogen-bond acceptors (Lipinski definition) is 4. The van der Waals surface area contributed by atoms with Crippen LogP contribution in [0.5, 0.6) is 5.75 Å². The lowest BCUT2D eigenvalue weighted by Crippen LogP contribution is -2.29. The normalized spacial score (nSPS) is 18.3. The first kappa shape index (κ1) is 22.8. The van der Waals surface area contributed by atoms with Crippen molar-refractivity contribution in [2.45, 2.75) is 43.6 Å². The molecule has 0 aliphatic carbocycles. The average molecular weight is 468 g/mol. The van der Waals surface area contributed by atoms with Crippen molar-refractivity contribution in [3.63, 3.8) is 0 Å². The van der Waals surface area contributed by atoms with E-state index in [2.05, 4.69) is 4.90 Å². The third-order valence-electron chi connectivity index (χ3n) is 5.83. The fourth-order valence-corrected chi connectivity index (χ4v) is 6.07. The van der Waals surface area contributed by atoms with Gasteiger partial charge >= 0.3 is 0 Å². The fourth-order valence-electron chi connectivity index (χ4n) is 4.20. The summed E-state index contributed by atoms with van der Waals surface area (Å²) in [5, 5.41) is 20.4. The summed E-state index contributed by atoms with van der Waals surface area (Å²) in [6, 6.07) is 22.0. The van der Waals surface area contributed by atoms with Gasteiger partial charge in [-0.15, -0.1) is 0 Å². The maximum atomic E-state index is 13.1. The van der Waals surface area contributed by atoms with Gasteiger partial charge < -0.3 is 15.1 Å². The molecule has 0 saturated carbocycles. The lowest BCUT2D eigenvalue weighted by atomic mass is 9.95. The van der Waals surface area contributed by atoms with E-state index in [0.29, 0.717) is 5.56 Å². The Bertz CT molecular complexity index is 1060. The van der Waals surface area contributed by atoms with Crippen molar-refractivity contribution >= 4 is 34.0 Å². The van der Waals surface area contributed by atoms with Gasteiger partial charge in [-0.3, -0.25) is 0 Å². The summed E-state index contributed by atoms with van der Waals surface area (Å²) < 4.78 is 13.9. The largest absolute Gasteiger partial charge is 0.508 e. The molecule has 1 fully saturated rings. The molecular weight excluding hydrogens is 441 g/mol. The maximum Gasteiger partial charge on any atom is 0.141 e. The number of anilines is 1. The molecule has 3 nitrogen and oxygen atoms in total. The number of aliphatic hydroxyl groups is 1. The third-order valence-corrected chi connectivity index (χ3v) is 7.51. The topological polar surface area (TPSA) is 43.7 Å². The second kappa shape index (κ2) is 10.5. The first-order valence-electron chi connectivity index (χ1n) is 10.8. The minimum Gasteiger partial charge on any atom is -0.508 e. The highest BCUT2D eigenvalue weighted by Gasteiger charge is 2.40. The highest BCUT2D eigenvalue weighted by Crippen LogP contribution is 2.48. The van der Waals surface area contributed by atoms with Crippen LogP contribution in [-0.4, -0.2) is 19.8 Å². The first-order valence-corrected chi connectivity index (χ1v) is 12.1. The zero-order valence-corrected chi connectivity index (χ0v) is 19.3. The van der Waals surface area contributed by atoms with Gasteiger partial charge in [0.15, 0.2) is 0 Å². The van der Waals surface area contributed by atoms with E-state index >= 15 is 0 Å². The van der Waals surface area contributed by atoms with Crippen molar-refractivity contribution in [1.82, 2.24) is 0 Å². The monoisotopic (exact) mass is 467 g/mol.